The zero-order valence-electron chi connectivity index (χ0n) is 16.9. The van der Waals surface area contributed by atoms with E-state index < -0.39 is 0 Å². The lowest BCUT2D eigenvalue weighted by atomic mass is 9.68. The maximum Gasteiger partial charge on any atom is 0.123 e. The monoisotopic (exact) mass is 380 g/mol. The number of aromatic amines is 1. The summed E-state index contributed by atoms with van der Waals surface area (Å²) in [5.41, 5.74) is 6.61. The molecule has 0 saturated heterocycles. The number of fused-ring (bicyclic) bond motifs is 4. The predicted octanol–water partition coefficient (Wildman–Crippen LogP) is 4.91. The predicted molar refractivity (Wildman–Crippen MR) is 110 cm³/mol. The van der Waals surface area contributed by atoms with E-state index in [1.54, 1.807) is 12.1 Å². The molecule has 0 bridgehead atoms. The summed E-state index contributed by atoms with van der Waals surface area (Å²) < 4.78 is 20.0. The number of benzene rings is 1. The van der Waals surface area contributed by atoms with Crippen molar-refractivity contribution in [3.05, 3.63) is 64.2 Å². The Bertz CT molecular complexity index is 901. The first-order valence-electron chi connectivity index (χ1n) is 10.5. The van der Waals surface area contributed by atoms with E-state index in [4.69, 9.17) is 4.74 Å². The summed E-state index contributed by atoms with van der Waals surface area (Å²) in [6.07, 6.45) is 11.8. The van der Waals surface area contributed by atoms with E-state index in [0.717, 1.165) is 51.6 Å². The van der Waals surface area contributed by atoms with Gasteiger partial charge in [0, 0.05) is 11.2 Å². The second-order valence-electron chi connectivity index (χ2n) is 8.84. The van der Waals surface area contributed by atoms with Gasteiger partial charge in [0.1, 0.15) is 11.4 Å². The zero-order chi connectivity index (χ0) is 19.4. The largest absolute Gasteiger partial charge is 0.368 e. The number of aromatic nitrogens is 1. The smallest absolute Gasteiger partial charge is 0.123 e. The van der Waals surface area contributed by atoms with Gasteiger partial charge in [0.25, 0.3) is 0 Å². The molecule has 4 heteroatoms. The van der Waals surface area contributed by atoms with Crippen molar-refractivity contribution in [2.45, 2.75) is 56.1 Å². The number of hydrogen-bond acceptors (Lipinski definition) is 2. The lowest BCUT2D eigenvalue weighted by Gasteiger charge is -2.50. The van der Waals surface area contributed by atoms with Gasteiger partial charge >= 0.3 is 0 Å². The molecule has 2 aromatic rings. The van der Waals surface area contributed by atoms with Gasteiger partial charge in [0.15, 0.2) is 0 Å². The number of ether oxygens (including phenoxy) is 1. The Labute approximate surface area is 166 Å². The number of nitrogens with zero attached hydrogens (tertiary/aromatic N) is 1. The van der Waals surface area contributed by atoms with Crippen LogP contribution in [0.1, 0.15) is 60.2 Å². The molecule has 0 radical (unpaired) electrons. The van der Waals surface area contributed by atoms with E-state index in [9.17, 15) is 4.39 Å². The Hall–Kier alpha value is -1.91. The Morgan fingerprint density at radius 2 is 1.75 bits per heavy atom. The number of H-pyrrole nitrogens is 1. The van der Waals surface area contributed by atoms with E-state index in [2.05, 4.69) is 36.1 Å². The van der Waals surface area contributed by atoms with Crippen LogP contribution in [0.5, 0.6) is 0 Å². The van der Waals surface area contributed by atoms with Gasteiger partial charge in [-0.2, -0.15) is 0 Å². The van der Waals surface area contributed by atoms with Crippen molar-refractivity contribution < 1.29 is 9.13 Å². The molecule has 1 aromatic carbocycles. The van der Waals surface area contributed by atoms with Gasteiger partial charge in [-0.25, -0.2) is 4.39 Å². The molecule has 5 rings (SSSR count). The zero-order valence-corrected chi connectivity index (χ0v) is 16.9. The second-order valence-corrected chi connectivity index (χ2v) is 8.84. The van der Waals surface area contributed by atoms with Crippen molar-refractivity contribution in [1.82, 2.24) is 9.88 Å². The third-order valence-electron chi connectivity index (χ3n) is 7.40. The van der Waals surface area contributed by atoms with Crippen LogP contribution in [0.2, 0.25) is 0 Å². The Kier molecular flexibility index (Phi) is 4.25. The number of nitrogens with one attached hydrogen (secondary N) is 1. The van der Waals surface area contributed by atoms with Crippen LogP contribution in [-0.2, 0) is 28.7 Å². The van der Waals surface area contributed by atoms with Gasteiger partial charge in [-0.05, 0) is 93.9 Å². The highest BCUT2D eigenvalue weighted by Crippen LogP contribution is 2.52. The van der Waals surface area contributed by atoms with Crippen LogP contribution in [0.4, 0.5) is 4.39 Å². The minimum atomic E-state index is -0.196. The molecule has 3 aliphatic rings. The first-order chi connectivity index (χ1) is 13.5. The van der Waals surface area contributed by atoms with Crippen LogP contribution < -0.4 is 0 Å². The third kappa shape index (κ3) is 2.61. The van der Waals surface area contributed by atoms with E-state index in [0.29, 0.717) is 0 Å². The minimum absolute atomic E-state index is 0.0635. The maximum absolute atomic E-state index is 13.5. The molecule has 2 aliphatic carbocycles. The van der Waals surface area contributed by atoms with Gasteiger partial charge in [-0.3, -0.25) is 4.90 Å². The van der Waals surface area contributed by atoms with Gasteiger partial charge in [0.05, 0.1) is 12.3 Å². The van der Waals surface area contributed by atoms with E-state index in [1.807, 2.05) is 12.1 Å². The summed E-state index contributed by atoms with van der Waals surface area (Å²) in [6, 6.07) is 7.09. The van der Waals surface area contributed by atoms with Crippen LogP contribution in [-0.4, -0.2) is 30.6 Å². The van der Waals surface area contributed by atoms with Crippen molar-refractivity contribution in [2.75, 3.05) is 20.7 Å². The van der Waals surface area contributed by atoms with Crippen LogP contribution in [0.3, 0.4) is 0 Å². The minimum Gasteiger partial charge on any atom is -0.368 e. The SMILES string of the molecule is CN(C)C1(c2ccc(F)cc2)CCC2(CC1)OCCc1c2[nH]c2c1CCC=C2. The quantitative estimate of drug-likeness (QED) is 0.802. The van der Waals surface area contributed by atoms with Gasteiger partial charge < -0.3 is 9.72 Å². The number of hydrogen-bond donors (Lipinski definition) is 1. The molecule has 1 saturated carbocycles. The molecule has 1 N–H and O–H groups in total. The molecule has 0 atom stereocenters. The van der Waals surface area contributed by atoms with Gasteiger partial charge in [-0.15, -0.1) is 0 Å². The van der Waals surface area contributed by atoms with Crippen LogP contribution in [0.25, 0.3) is 6.08 Å². The fourth-order valence-electron chi connectivity index (χ4n) is 5.76. The number of rotatable bonds is 2. The van der Waals surface area contributed by atoms with Crippen molar-refractivity contribution in [3.63, 3.8) is 0 Å². The molecule has 3 nitrogen and oxygen atoms in total. The number of allylic oxidation sites excluding steroid dienone is 1. The summed E-state index contributed by atoms with van der Waals surface area (Å²) >= 11 is 0. The first kappa shape index (κ1) is 18.1. The van der Waals surface area contributed by atoms with Crippen molar-refractivity contribution in [1.29, 1.82) is 0 Å². The van der Waals surface area contributed by atoms with Crippen LogP contribution >= 0.6 is 0 Å². The highest BCUT2D eigenvalue weighted by molar-refractivity contribution is 5.58. The molecule has 1 aromatic heterocycles. The number of halogens is 1. The second kappa shape index (κ2) is 6.57. The fraction of sp³-hybridized carbons (Fsp3) is 0.500. The van der Waals surface area contributed by atoms with Crippen molar-refractivity contribution >= 4 is 6.08 Å². The highest BCUT2D eigenvalue weighted by Gasteiger charge is 2.49. The third-order valence-corrected chi connectivity index (χ3v) is 7.40. The molecule has 148 valence electrons. The summed E-state index contributed by atoms with van der Waals surface area (Å²) in [6.45, 7) is 0.812. The molecular weight excluding hydrogens is 351 g/mol. The topological polar surface area (TPSA) is 28.3 Å². The van der Waals surface area contributed by atoms with E-state index in [-0.39, 0.29) is 17.0 Å². The lowest BCUT2D eigenvalue weighted by Crippen LogP contribution is -2.50. The molecule has 0 unspecified atom stereocenters. The average Bonchev–Trinajstić information content (AvgIpc) is 3.10. The molecule has 1 aliphatic heterocycles. The Balaban J connectivity index is 1.49. The highest BCUT2D eigenvalue weighted by atomic mass is 19.1. The molecule has 2 heterocycles. The summed E-state index contributed by atoms with van der Waals surface area (Å²) in [5.74, 6) is -0.171. The Morgan fingerprint density at radius 1 is 1.00 bits per heavy atom. The summed E-state index contributed by atoms with van der Waals surface area (Å²) in [7, 11) is 4.29. The van der Waals surface area contributed by atoms with Gasteiger partial charge in [-0.1, -0.05) is 18.2 Å². The van der Waals surface area contributed by atoms with Crippen LogP contribution in [0.15, 0.2) is 30.3 Å². The average molecular weight is 381 g/mol. The summed E-state index contributed by atoms with van der Waals surface area (Å²) in [4.78, 5) is 6.06. The normalized spacial score (nSPS) is 29.1. The van der Waals surface area contributed by atoms with Crippen molar-refractivity contribution in [2.24, 2.45) is 0 Å². The molecular formula is C24H29FN2O. The van der Waals surface area contributed by atoms with E-state index >= 15 is 0 Å². The fourth-order valence-corrected chi connectivity index (χ4v) is 5.76. The van der Waals surface area contributed by atoms with Gasteiger partial charge in [0.2, 0.25) is 0 Å². The van der Waals surface area contributed by atoms with Crippen LogP contribution in [0, 0.1) is 5.82 Å². The molecule has 1 fully saturated rings. The van der Waals surface area contributed by atoms with E-state index in [1.165, 1.54) is 28.1 Å². The standard InChI is InChI=1S/C24H29FN2O/c1-27(2)23(17-7-9-18(25)10-8-17)12-14-24(15-13-23)22-20(11-16-28-24)19-5-3-4-6-21(19)26-22/h4,6-10,26H,3,5,11-16H2,1-2H3. The maximum atomic E-state index is 13.5. The molecule has 1 spiro atoms. The molecule has 0 amide bonds. The lowest BCUT2D eigenvalue weighted by molar-refractivity contribution is -0.113. The Morgan fingerprint density at radius 3 is 2.46 bits per heavy atom. The first-order valence-corrected chi connectivity index (χ1v) is 10.5. The molecule has 28 heavy (non-hydrogen) atoms. The summed E-state index contributed by atoms with van der Waals surface area (Å²) in [5, 5.41) is 0. The van der Waals surface area contributed by atoms with Crippen molar-refractivity contribution in [3.8, 4) is 0 Å².